The van der Waals surface area contributed by atoms with Gasteiger partial charge < -0.3 is 25.4 Å². The molecule has 0 saturated heterocycles. The number of esters is 1. The third kappa shape index (κ3) is 5.44. The Kier molecular flexibility index (Phi) is 6.71. The summed E-state index contributed by atoms with van der Waals surface area (Å²) in [5.74, 6) is -0.281. The molecule has 0 aromatic carbocycles. The lowest BCUT2D eigenvalue weighted by atomic mass is 9.79. The molecule has 0 amide bonds. The highest BCUT2D eigenvalue weighted by Crippen LogP contribution is 2.32. The number of rotatable bonds is 7. The molecule has 1 aliphatic rings. The van der Waals surface area contributed by atoms with Gasteiger partial charge in [0, 0.05) is 13.1 Å². The molecule has 1 saturated carbocycles. The summed E-state index contributed by atoms with van der Waals surface area (Å²) in [6.45, 7) is 2.49. The molecule has 0 aromatic heterocycles. The van der Waals surface area contributed by atoms with Crippen LogP contribution in [0.1, 0.15) is 32.6 Å². The van der Waals surface area contributed by atoms with Crippen LogP contribution in [-0.4, -0.2) is 59.3 Å². The minimum absolute atomic E-state index is 0.108. The fraction of sp³-hybridized carbons (Fsp3) is 0.923. The summed E-state index contributed by atoms with van der Waals surface area (Å²) in [7, 11) is 0. The highest BCUT2D eigenvalue weighted by atomic mass is 16.5. The second kappa shape index (κ2) is 7.79. The van der Waals surface area contributed by atoms with E-state index in [2.05, 4.69) is 5.32 Å². The van der Waals surface area contributed by atoms with Crippen molar-refractivity contribution in [1.82, 2.24) is 5.32 Å². The first-order valence-electron chi connectivity index (χ1n) is 6.89. The minimum atomic E-state index is -0.835. The van der Waals surface area contributed by atoms with E-state index in [0.29, 0.717) is 38.8 Å². The topological polar surface area (TPSA) is 99.0 Å². The van der Waals surface area contributed by atoms with Crippen molar-refractivity contribution in [3.8, 4) is 0 Å². The van der Waals surface area contributed by atoms with Gasteiger partial charge in [0.05, 0.1) is 30.8 Å². The van der Waals surface area contributed by atoms with E-state index < -0.39 is 11.7 Å². The first kappa shape index (κ1) is 16.4. The number of aliphatic hydroxyl groups is 3. The maximum absolute atomic E-state index is 11.6. The van der Waals surface area contributed by atoms with Gasteiger partial charge in [0.1, 0.15) is 0 Å². The lowest BCUT2D eigenvalue weighted by Crippen LogP contribution is -2.46. The molecule has 0 aromatic rings. The molecule has 1 atom stereocenters. The van der Waals surface area contributed by atoms with E-state index in [1.165, 1.54) is 0 Å². The van der Waals surface area contributed by atoms with Gasteiger partial charge in [-0.1, -0.05) is 0 Å². The van der Waals surface area contributed by atoms with E-state index in [9.17, 15) is 15.0 Å². The van der Waals surface area contributed by atoms with Crippen molar-refractivity contribution in [2.24, 2.45) is 5.92 Å². The molecule has 0 radical (unpaired) electrons. The summed E-state index contributed by atoms with van der Waals surface area (Å²) in [5.41, 5.74) is -0.835. The number of hydrogen-bond donors (Lipinski definition) is 4. The number of aliphatic hydroxyl groups excluding tert-OH is 2. The predicted octanol–water partition coefficient (Wildman–Crippen LogP) is -0.586. The fourth-order valence-electron chi connectivity index (χ4n) is 2.36. The van der Waals surface area contributed by atoms with E-state index in [-0.39, 0.29) is 25.0 Å². The maximum atomic E-state index is 11.6. The highest BCUT2D eigenvalue weighted by Gasteiger charge is 2.36. The van der Waals surface area contributed by atoms with Crippen LogP contribution in [-0.2, 0) is 9.53 Å². The zero-order valence-corrected chi connectivity index (χ0v) is 11.5. The molecule has 6 nitrogen and oxygen atoms in total. The Morgan fingerprint density at radius 3 is 2.63 bits per heavy atom. The quantitative estimate of drug-likeness (QED) is 0.464. The third-order valence-electron chi connectivity index (χ3n) is 3.58. The lowest BCUT2D eigenvalue weighted by molar-refractivity contribution is -0.151. The van der Waals surface area contributed by atoms with Crippen molar-refractivity contribution >= 4 is 5.97 Å². The van der Waals surface area contributed by atoms with Crippen molar-refractivity contribution in [2.45, 2.75) is 44.3 Å². The van der Waals surface area contributed by atoms with Crippen LogP contribution in [0.15, 0.2) is 0 Å². The fourth-order valence-corrected chi connectivity index (χ4v) is 2.36. The van der Waals surface area contributed by atoms with Gasteiger partial charge in [-0.3, -0.25) is 4.79 Å². The average molecular weight is 275 g/mol. The second-order valence-electron chi connectivity index (χ2n) is 5.22. The molecule has 112 valence electrons. The molecule has 19 heavy (non-hydrogen) atoms. The molecule has 0 bridgehead atoms. The Morgan fingerprint density at radius 1 is 1.47 bits per heavy atom. The summed E-state index contributed by atoms with van der Waals surface area (Å²) in [6.07, 6.45) is 1.52. The Morgan fingerprint density at radius 2 is 2.11 bits per heavy atom. The van der Waals surface area contributed by atoms with Crippen LogP contribution in [0.4, 0.5) is 0 Å². The monoisotopic (exact) mass is 275 g/mol. The Labute approximate surface area is 113 Å². The zero-order valence-electron chi connectivity index (χ0n) is 11.5. The molecule has 6 heteroatoms. The SMILES string of the molecule is CCOC(=O)C1CCC(O)(CNCC(O)CO)CC1. The van der Waals surface area contributed by atoms with Crippen molar-refractivity contribution in [3.05, 3.63) is 0 Å². The van der Waals surface area contributed by atoms with Crippen molar-refractivity contribution in [3.63, 3.8) is 0 Å². The number of carbonyl (C=O) groups is 1. The first-order valence-corrected chi connectivity index (χ1v) is 6.89. The van der Waals surface area contributed by atoms with Crippen molar-refractivity contribution in [1.29, 1.82) is 0 Å². The second-order valence-corrected chi connectivity index (χ2v) is 5.22. The molecule has 1 aliphatic carbocycles. The van der Waals surface area contributed by atoms with Crippen molar-refractivity contribution in [2.75, 3.05) is 26.3 Å². The summed E-state index contributed by atoms with van der Waals surface area (Å²) in [6, 6.07) is 0. The van der Waals surface area contributed by atoms with Crippen LogP contribution in [0.5, 0.6) is 0 Å². The summed E-state index contributed by atoms with van der Waals surface area (Å²) < 4.78 is 4.98. The summed E-state index contributed by atoms with van der Waals surface area (Å²) >= 11 is 0. The largest absolute Gasteiger partial charge is 0.466 e. The predicted molar refractivity (Wildman–Crippen MR) is 69.5 cm³/mol. The van der Waals surface area contributed by atoms with E-state index in [0.717, 1.165) is 0 Å². The lowest BCUT2D eigenvalue weighted by Gasteiger charge is -2.35. The maximum Gasteiger partial charge on any atom is 0.308 e. The summed E-state index contributed by atoms with van der Waals surface area (Å²) in [4.78, 5) is 11.6. The first-order chi connectivity index (χ1) is 9.00. The van der Waals surface area contributed by atoms with E-state index in [1.807, 2.05) is 0 Å². The van der Waals surface area contributed by atoms with E-state index >= 15 is 0 Å². The molecule has 1 rings (SSSR count). The normalized spacial score (nSPS) is 28.9. The van der Waals surface area contributed by atoms with E-state index in [4.69, 9.17) is 9.84 Å². The minimum Gasteiger partial charge on any atom is -0.466 e. The molecule has 0 heterocycles. The number of carbonyl (C=O) groups excluding carboxylic acids is 1. The third-order valence-corrected chi connectivity index (χ3v) is 3.58. The average Bonchev–Trinajstić information content (AvgIpc) is 2.39. The molecular formula is C13H25NO5. The smallest absolute Gasteiger partial charge is 0.308 e. The van der Waals surface area contributed by atoms with Gasteiger partial charge in [0.15, 0.2) is 0 Å². The molecular weight excluding hydrogens is 250 g/mol. The van der Waals surface area contributed by atoms with Crippen LogP contribution in [0.3, 0.4) is 0 Å². The molecule has 4 N–H and O–H groups in total. The number of hydrogen-bond acceptors (Lipinski definition) is 6. The number of ether oxygens (including phenoxy) is 1. The van der Waals surface area contributed by atoms with Gasteiger partial charge >= 0.3 is 5.97 Å². The Balaban J connectivity index is 2.28. The van der Waals surface area contributed by atoms with Crippen molar-refractivity contribution < 1.29 is 24.9 Å². The highest BCUT2D eigenvalue weighted by molar-refractivity contribution is 5.72. The van der Waals surface area contributed by atoms with Gasteiger partial charge in [-0.25, -0.2) is 0 Å². The van der Waals surface area contributed by atoms with Crippen LogP contribution < -0.4 is 5.32 Å². The number of nitrogens with one attached hydrogen (secondary N) is 1. The van der Waals surface area contributed by atoms with Crippen LogP contribution >= 0.6 is 0 Å². The molecule has 1 unspecified atom stereocenters. The van der Waals surface area contributed by atoms with Gasteiger partial charge in [0.2, 0.25) is 0 Å². The van der Waals surface area contributed by atoms with Crippen LogP contribution in [0, 0.1) is 5.92 Å². The Hall–Kier alpha value is -0.690. The molecule has 0 spiro atoms. The Bertz CT molecular complexity index is 276. The molecule has 0 aliphatic heterocycles. The van der Waals surface area contributed by atoms with E-state index in [1.54, 1.807) is 6.92 Å². The van der Waals surface area contributed by atoms with Gasteiger partial charge in [-0.2, -0.15) is 0 Å². The van der Waals surface area contributed by atoms with Crippen LogP contribution in [0.2, 0.25) is 0 Å². The van der Waals surface area contributed by atoms with Crippen LogP contribution in [0.25, 0.3) is 0 Å². The van der Waals surface area contributed by atoms with Gasteiger partial charge in [0.25, 0.3) is 0 Å². The van der Waals surface area contributed by atoms with Gasteiger partial charge in [-0.15, -0.1) is 0 Å². The van der Waals surface area contributed by atoms with Gasteiger partial charge in [-0.05, 0) is 32.6 Å². The standard InChI is InChI=1S/C13H25NO5/c1-2-19-12(17)10-3-5-13(18,6-4-10)9-14-7-11(16)8-15/h10-11,14-16,18H,2-9H2,1H3. The summed E-state index contributed by atoms with van der Waals surface area (Å²) in [5, 5.41) is 31.1. The molecule has 1 fully saturated rings. The zero-order chi connectivity index (χ0) is 14.3.